The number of nitrogens with zero attached hydrogens (tertiary/aromatic N) is 2. The molecule has 9 N–H and O–H groups in total. The highest BCUT2D eigenvalue weighted by Crippen LogP contribution is 2.53. The molecular weight excluding hydrogens is 836 g/mol. The summed E-state index contributed by atoms with van der Waals surface area (Å²) < 4.78 is 31.5. The predicted octanol–water partition coefficient (Wildman–Crippen LogP) is 0.152. The Balaban J connectivity index is 0.940. The smallest absolute Gasteiger partial charge is 0.407 e. The summed E-state index contributed by atoms with van der Waals surface area (Å²) in [6, 6.07) is 8.81. The Kier molecular flexibility index (Phi) is 13.6. The standard InChI is InChI=1S/C44H53FN8O11/c1-4-44(61)28-16-43(3)38-26(20-53(43)40(58)27(28)21-64-41(44)59)37-30(11-10-25-23(2)29(45)15-31(51-38)36(25)37)52-42(60)63-13-12-62-22-49-34(55)18-48-39(57)32(14-24-8-6-5-7-9-24)50-35(56)19-47-33(54)17-46/h5-9,15,30,32,35,50,56,61H,4,10-14,16-22,46H2,1-3H3,(H,47,54)(H,48,57)(H,49,55)(H,52,60)/t30-,32-,35?,43?,44-/m0/s1. The van der Waals surface area contributed by atoms with Crippen molar-refractivity contribution in [1.29, 1.82) is 0 Å². The van der Waals surface area contributed by atoms with Gasteiger partial charge in [0.2, 0.25) is 17.7 Å². The highest BCUT2D eigenvalue weighted by Gasteiger charge is 2.58. The number of ether oxygens (including phenoxy) is 3. The molecule has 1 aromatic heterocycles. The molecule has 3 aliphatic heterocycles. The molecule has 20 heteroatoms. The minimum atomic E-state index is -1.98. The highest BCUT2D eigenvalue weighted by molar-refractivity contribution is 6.02. The molecule has 5 amide bonds. The monoisotopic (exact) mass is 888 g/mol. The van der Waals surface area contributed by atoms with Gasteiger partial charge in [-0.05, 0) is 67.4 Å². The number of pyridine rings is 1. The summed E-state index contributed by atoms with van der Waals surface area (Å²) in [5, 5.41) is 35.7. The van der Waals surface area contributed by atoms with Crippen LogP contribution in [0.2, 0.25) is 0 Å². The zero-order valence-corrected chi connectivity index (χ0v) is 35.8. The van der Waals surface area contributed by atoms with E-state index in [1.807, 2.05) is 13.0 Å². The fourth-order valence-corrected chi connectivity index (χ4v) is 9.07. The summed E-state index contributed by atoms with van der Waals surface area (Å²) in [5.41, 5.74) is 6.98. The third-order valence-corrected chi connectivity index (χ3v) is 12.5. The second kappa shape index (κ2) is 19.0. The Morgan fingerprint density at radius 2 is 1.86 bits per heavy atom. The van der Waals surface area contributed by atoms with Crippen LogP contribution in [-0.2, 0) is 63.1 Å². The van der Waals surface area contributed by atoms with Gasteiger partial charge in [0.25, 0.3) is 5.91 Å². The minimum Gasteiger partial charge on any atom is -0.458 e. The average molecular weight is 889 g/mol. The number of amides is 5. The normalized spacial score (nSPS) is 21.9. The SMILES string of the molecule is CC[C@@]1(O)C(=O)OCC2=C1CC1(C)c3nc4cc(F)c(C)c5c4c(c3CN1C2=O)[C@@H](NC(=O)OCCOCNC(=O)CNC(=O)[C@H](Cc1ccccc1)NC(O)CNC(=O)CN)CC5. The summed E-state index contributed by atoms with van der Waals surface area (Å²) in [4.78, 5) is 83.9. The van der Waals surface area contributed by atoms with Crippen molar-refractivity contribution in [2.75, 3.05) is 46.2 Å². The van der Waals surface area contributed by atoms with Crippen LogP contribution in [0.4, 0.5) is 9.18 Å². The van der Waals surface area contributed by atoms with Crippen molar-refractivity contribution in [1.82, 2.24) is 36.5 Å². The van der Waals surface area contributed by atoms with Crippen molar-refractivity contribution in [2.45, 2.75) is 88.9 Å². The summed E-state index contributed by atoms with van der Waals surface area (Å²) in [6.45, 7) is 3.61. The first-order valence-corrected chi connectivity index (χ1v) is 21.2. The van der Waals surface area contributed by atoms with Gasteiger partial charge in [-0.15, -0.1) is 0 Å². The topological polar surface area (TPSA) is 273 Å². The molecule has 7 rings (SSSR count). The number of aryl methyl sites for hydroxylation is 1. The van der Waals surface area contributed by atoms with E-state index in [1.165, 1.54) is 6.07 Å². The van der Waals surface area contributed by atoms with E-state index >= 15 is 4.39 Å². The zero-order valence-electron chi connectivity index (χ0n) is 35.8. The van der Waals surface area contributed by atoms with Crippen LogP contribution < -0.4 is 32.3 Å². The van der Waals surface area contributed by atoms with Gasteiger partial charge in [-0.2, -0.15) is 0 Å². The molecule has 1 aliphatic carbocycles. The fraction of sp³-hybridized carbons (Fsp3) is 0.477. The van der Waals surface area contributed by atoms with Crippen LogP contribution in [-0.4, -0.2) is 120 Å². The van der Waals surface area contributed by atoms with Crippen molar-refractivity contribution in [3.63, 3.8) is 0 Å². The molecule has 3 aromatic rings. The highest BCUT2D eigenvalue weighted by atomic mass is 19.1. The molecule has 2 aromatic carbocycles. The van der Waals surface area contributed by atoms with E-state index in [0.29, 0.717) is 51.7 Å². The van der Waals surface area contributed by atoms with Crippen LogP contribution in [0.3, 0.4) is 0 Å². The Hall–Kier alpha value is -6.06. The molecule has 4 heterocycles. The van der Waals surface area contributed by atoms with Gasteiger partial charge in [-0.3, -0.25) is 24.5 Å². The number of nitrogens with two attached hydrogens (primary N) is 1. The third-order valence-electron chi connectivity index (χ3n) is 12.5. The van der Waals surface area contributed by atoms with Gasteiger partial charge in [0.1, 0.15) is 32.0 Å². The Morgan fingerprint density at radius 1 is 1.09 bits per heavy atom. The molecule has 0 spiro atoms. The lowest BCUT2D eigenvalue weighted by atomic mass is 9.73. The molecule has 2 unspecified atom stereocenters. The molecule has 19 nitrogen and oxygen atoms in total. The molecule has 0 radical (unpaired) electrons. The Bertz CT molecular complexity index is 2400. The first kappa shape index (κ1) is 45.9. The molecule has 0 saturated heterocycles. The largest absolute Gasteiger partial charge is 0.458 e. The predicted molar refractivity (Wildman–Crippen MR) is 225 cm³/mol. The molecule has 64 heavy (non-hydrogen) atoms. The number of benzene rings is 2. The van der Waals surface area contributed by atoms with E-state index in [2.05, 4.69) is 26.6 Å². The second-order valence-electron chi connectivity index (χ2n) is 16.5. The maximum Gasteiger partial charge on any atom is 0.407 e. The number of aliphatic hydroxyl groups excluding tert-OH is 1. The van der Waals surface area contributed by atoms with E-state index in [0.717, 1.165) is 11.1 Å². The average Bonchev–Trinajstić information content (AvgIpc) is 3.58. The van der Waals surface area contributed by atoms with E-state index < -0.39 is 77.5 Å². The number of esters is 1. The molecule has 4 aliphatic rings. The van der Waals surface area contributed by atoms with Gasteiger partial charge in [-0.1, -0.05) is 37.3 Å². The van der Waals surface area contributed by atoms with E-state index in [1.54, 1.807) is 43.0 Å². The lowest BCUT2D eigenvalue weighted by Crippen LogP contribution is -2.56. The third kappa shape index (κ3) is 9.00. The number of nitrogens with one attached hydrogen (secondary N) is 5. The van der Waals surface area contributed by atoms with E-state index in [-0.39, 0.29) is 71.0 Å². The van der Waals surface area contributed by atoms with Gasteiger partial charge in [-0.25, -0.2) is 19.0 Å². The van der Waals surface area contributed by atoms with Crippen LogP contribution in [0.15, 0.2) is 47.5 Å². The fourth-order valence-electron chi connectivity index (χ4n) is 9.07. The number of aromatic nitrogens is 1. The number of aliphatic hydroxyl groups is 2. The summed E-state index contributed by atoms with van der Waals surface area (Å²) in [6.07, 6.45) is -0.925. The van der Waals surface area contributed by atoms with E-state index in [4.69, 9.17) is 24.9 Å². The molecule has 0 bridgehead atoms. The van der Waals surface area contributed by atoms with Gasteiger partial charge < -0.3 is 56.3 Å². The maximum absolute atomic E-state index is 15.4. The number of carbonyl (C=O) groups excluding carboxylic acids is 6. The van der Waals surface area contributed by atoms with Gasteiger partial charge in [0.05, 0.1) is 60.6 Å². The van der Waals surface area contributed by atoms with Crippen LogP contribution >= 0.6 is 0 Å². The lowest BCUT2D eigenvalue weighted by Gasteiger charge is -2.46. The number of carbonyl (C=O) groups is 6. The number of cyclic esters (lactones) is 1. The van der Waals surface area contributed by atoms with Gasteiger partial charge in [0, 0.05) is 30.0 Å². The molecule has 0 saturated carbocycles. The minimum absolute atomic E-state index is 0.00214. The van der Waals surface area contributed by atoms with Crippen molar-refractivity contribution in [3.8, 4) is 0 Å². The van der Waals surface area contributed by atoms with Crippen molar-refractivity contribution in [3.05, 3.63) is 86.9 Å². The number of halogens is 1. The lowest BCUT2D eigenvalue weighted by molar-refractivity contribution is -0.166. The number of hydrogen-bond acceptors (Lipinski definition) is 14. The van der Waals surface area contributed by atoms with Gasteiger partial charge >= 0.3 is 12.1 Å². The van der Waals surface area contributed by atoms with Crippen LogP contribution in [0.25, 0.3) is 10.9 Å². The summed E-state index contributed by atoms with van der Waals surface area (Å²) in [7, 11) is 0. The van der Waals surface area contributed by atoms with Crippen molar-refractivity contribution in [2.24, 2.45) is 5.73 Å². The van der Waals surface area contributed by atoms with Crippen molar-refractivity contribution >= 4 is 46.6 Å². The quantitative estimate of drug-likeness (QED) is 0.0510. The first-order chi connectivity index (χ1) is 30.6. The van der Waals surface area contributed by atoms with Crippen molar-refractivity contribution < 1.29 is 57.6 Å². The molecule has 0 fully saturated rings. The summed E-state index contributed by atoms with van der Waals surface area (Å²) >= 11 is 0. The molecule has 342 valence electrons. The second-order valence-corrected chi connectivity index (χ2v) is 16.5. The first-order valence-electron chi connectivity index (χ1n) is 21.2. The van der Waals surface area contributed by atoms with Crippen LogP contribution in [0.1, 0.15) is 72.7 Å². The van der Waals surface area contributed by atoms with E-state index in [9.17, 15) is 39.0 Å². The Labute approximate surface area is 367 Å². The van der Waals surface area contributed by atoms with Gasteiger partial charge in [0.15, 0.2) is 5.60 Å². The maximum atomic E-state index is 15.4. The number of hydrogen-bond donors (Lipinski definition) is 8. The molecular formula is C44H53FN8O11. The molecule has 5 atom stereocenters. The number of alkyl carbamates (subject to hydrolysis) is 1. The van der Waals surface area contributed by atoms with Crippen LogP contribution in [0.5, 0.6) is 0 Å². The number of fused-ring (bicyclic) bond motifs is 4. The number of rotatable bonds is 17. The Morgan fingerprint density at radius 3 is 2.59 bits per heavy atom. The zero-order chi connectivity index (χ0) is 45.9. The summed E-state index contributed by atoms with van der Waals surface area (Å²) in [5.74, 6) is -3.27. The van der Waals surface area contributed by atoms with Crippen LogP contribution in [0, 0.1) is 12.7 Å².